The van der Waals surface area contributed by atoms with Crippen LogP contribution < -0.4 is 0 Å². The van der Waals surface area contributed by atoms with E-state index in [-0.39, 0.29) is 37.3 Å². The largest absolute Gasteiger partial charge is 0.507 e. The van der Waals surface area contributed by atoms with Gasteiger partial charge in [0.15, 0.2) is 18.9 Å². The van der Waals surface area contributed by atoms with Crippen LogP contribution in [0.25, 0.3) is 0 Å². The summed E-state index contributed by atoms with van der Waals surface area (Å²) < 4.78 is 37.3. The summed E-state index contributed by atoms with van der Waals surface area (Å²) in [6, 6.07) is 1.66. The third kappa shape index (κ3) is 7.20. The standard InChI is InChI=1S/C40H53NO16/c1-7-40(51)14-23(29-32(39(40)50)36(49)31-30(35(29)48)33(46)27-20(43)8-9-21(44)28(27)34(31)47)55-25-12-18(41(5)6)37(16(3)53-25)57-26-13-22(45)38(17(4)54-26)56-24-11-10-19(42)15(2)52-24/h8-9,15-19,22-26,37-39,42-45,48-51H,7,10-14H2,1-6H3. The molecule has 2 aromatic rings. The van der Waals surface area contributed by atoms with Crippen molar-refractivity contribution in [1.82, 2.24) is 4.90 Å². The Hall–Kier alpha value is -3.46. The van der Waals surface area contributed by atoms with E-state index in [2.05, 4.69) is 0 Å². The summed E-state index contributed by atoms with van der Waals surface area (Å²) in [4.78, 5) is 29.5. The number of ether oxygens (including phenoxy) is 6. The smallest absolute Gasteiger partial charge is 0.202 e. The predicted molar refractivity (Wildman–Crippen MR) is 196 cm³/mol. The summed E-state index contributed by atoms with van der Waals surface area (Å²) in [7, 11) is 3.68. The molecule has 2 aromatic carbocycles. The zero-order chi connectivity index (χ0) is 41.4. The van der Waals surface area contributed by atoms with E-state index in [0.717, 1.165) is 12.1 Å². The normalized spacial score (nSPS) is 38.1. The van der Waals surface area contributed by atoms with E-state index in [1.165, 1.54) is 0 Å². The lowest BCUT2D eigenvalue weighted by atomic mass is 9.70. The molecule has 8 N–H and O–H groups in total. The van der Waals surface area contributed by atoms with Crippen molar-refractivity contribution in [2.24, 2.45) is 0 Å². The zero-order valence-corrected chi connectivity index (χ0v) is 32.7. The number of ketones is 2. The molecule has 17 heteroatoms. The number of rotatable bonds is 8. The number of carbonyl (C=O) groups is 2. The number of carbonyl (C=O) groups excluding carboxylic acids is 2. The van der Waals surface area contributed by atoms with Gasteiger partial charge in [0.05, 0.1) is 64.5 Å². The van der Waals surface area contributed by atoms with Crippen LogP contribution in [0.5, 0.6) is 23.0 Å². The molecular formula is C40H53NO16. The lowest BCUT2D eigenvalue weighted by molar-refractivity contribution is -0.328. The van der Waals surface area contributed by atoms with Gasteiger partial charge in [-0.3, -0.25) is 9.59 Å². The zero-order valence-electron chi connectivity index (χ0n) is 32.7. The number of aromatic hydroxyl groups is 4. The molecule has 3 fully saturated rings. The Labute approximate surface area is 329 Å². The molecule has 3 saturated heterocycles. The second kappa shape index (κ2) is 15.6. The summed E-state index contributed by atoms with van der Waals surface area (Å²) >= 11 is 0. The number of phenols is 4. The van der Waals surface area contributed by atoms with Crippen molar-refractivity contribution >= 4 is 11.6 Å². The molecule has 3 heterocycles. The number of hydrogen-bond donors (Lipinski definition) is 8. The van der Waals surface area contributed by atoms with Gasteiger partial charge >= 0.3 is 0 Å². The van der Waals surface area contributed by atoms with Gasteiger partial charge in [-0.05, 0) is 59.8 Å². The molecule has 0 bridgehead atoms. The number of benzene rings is 2. The lowest BCUT2D eigenvalue weighted by Crippen LogP contribution is -2.58. The predicted octanol–water partition coefficient (Wildman–Crippen LogP) is 2.14. The highest BCUT2D eigenvalue weighted by Gasteiger charge is 2.53. The average molecular weight is 804 g/mol. The van der Waals surface area contributed by atoms with Crippen molar-refractivity contribution in [2.45, 2.75) is 152 Å². The van der Waals surface area contributed by atoms with Gasteiger partial charge in [-0.25, -0.2) is 0 Å². The summed E-state index contributed by atoms with van der Waals surface area (Å²) in [6.45, 7) is 6.91. The summed E-state index contributed by atoms with van der Waals surface area (Å²) in [5.74, 6) is -5.09. The maximum atomic E-state index is 13.8. The molecule has 3 aliphatic heterocycles. The van der Waals surface area contributed by atoms with Gasteiger partial charge in [-0.15, -0.1) is 0 Å². The summed E-state index contributed by atoms with van der Waals surface area (Å²) in [5.41, 5.74) is -5.08. The highest BCUT2D eigenvalue weighted by atomic mass is 16.7. The molecule has 14 atom stereocenters. The maximum absolute atomic E-state index is 13.8. The van der Waals surface area contributed by atoms with Crippen molar-refractivity contribution in [2.75, 3.05) is 14.1 Å². The highest BCUT2D eigenvalue weighted by Crippen LogP contribution is 2.57. The molecular weight excluding hydrogens is 750 g/mol. The minimum Gasteiger partial charge on any atom is -0.507 e. The lowest BCUT2D eigenvalue weighted by Gasteiger charge is -2.48. The first-order valence-electron chi connectivity index (χ1n) is 19.5. The molecule has 0 aromatic heterocycles. The van der Waals surface area contributed by atoms with E-state index in [0.29, 0.717) is 12.8 Å². The Morgan fingerprint density at radius 2 is 1.23 bits per heavy atom. The highest BCUT2D eigenvalue weighted by molar-refractivity contribution is 6.32. The van der Waals surface area contributed by atoms with E-state index in [9.17, 15) is 50.4 Å². The van der Waals surface area contributed by atoms with Crippen LogP contribution in [0.1, 0.15) is 121 Å². The van der Waals surface area contributed by atoms with E-state index in [1.807, 2.05) is 19.0 Å². The van der Waals surface area contributed by atoms with Crippen molar-refractivity contribution in [3.63, 3.8) is 0 Å². The quantitative estimate of drug-likeness (QED) is 0.152. The fourth-order valence-electron chi connectivity index (χ4n) is 9.04. The molecule has 0 radical (unpaired) electrons. The first-order valence-corrected chi connectivity index (χ1v) is 19.5. The van der Waals surface area contributed by atoms with Crippen LogP contribution in [0.3, 0.4) is 0 Å². The van der Waals surface area contributed by atoms with Crippen LogP contribution in [0, 0.1) is 0 Å². The fourth-order valence-corrected chi connectivity index (χ4v) is 9.04. The number of aliphatic hydroxyl groups is 4. The van der Waals surface area contributed by atoms with Crippen molar-refractivity contribution < 1.29 is 78.9 Å². The Bertz CT molecular complexity index is 1880. The first-order chi connectivity index (χ1) is 26.9. The van der Waals surface area contributed by atoms with Crippen molar-refractivity contribution in [3.8, 4) is 23.0 Å². The Morgan fingerprint density at radius 3 is 1.77 bits per heavy atom. The topological polar surface area (TPSA) is 255 Å². The van der Waals surface area contributed by atoms with Gasteiger partial charge in [-0.1, -0.05) is 6.92 Å². The molecule has 0 spiro atoms. The molecule has 5 aliphatic rings. The van der Waals surface area contributed by atoms with Crippen LogP contribution in [-0.2, 0) is 28.4 Å². The fraction of sp³-hybridized carbons (Fsp3) is 0.650. The molecule has 7 rings (SSSR count). The Morgan fingerprint density at radius 1 is 0.702 bits per heavy atom. The van der Waals surface area contributed by atoms with Crippen LogP contribution in [0.4, 0.5) is 0 Å². The third-order valence-corrected chi connectivity index (χ3v) is 12.3. The number of phenolic OH excluding ortho intramolecular Hbond substituents is 4. The molecule has 14 unspecified atom stereocenters. The van der Waals surface area contributed by atoms with Crippen molar-refractivity contribution in [1.29, 1.82) is 0 Å². The molecule has 0 saturated carbocycles. The van der Waals surface area contributed by atoms with Crippen LogP contribution in [-0.4, -0.2) is 145 Å². The van der Waals surface area contributed by atoms with Crippen LogP contribution >= 0.6 is 0 Å². The number of likely N-dealkylation sites (N-methyl/N-ethyl adjacent to an activating group) is 1. The number of aliphatic hydroxyl groups excluding tert-OH is 3. The van der Waals surface area contributed by atoms with Gasteiger partial charge in [0.2, 0.25) is 11.6 Å². The molecule has 57 heavy (non-hydrogen) atoms. The number of nitrogens with zero attached hydrogens (tertiary/aromatic N) is 1. The second-order valence-corrected chi connectivity index (χ2v) is 16.2. The van der Waals surface area contributed by atoms with Gasteiger partial charge < -0.3 is 74.2 Å². The molecule has 2 aliphatic carbocycles. The SMILES string of the molecule is CCC1(O)CC(OC2CC(N(C)C)C(OC3CC(O)C(OC4CCC(O)C(C)O4)C(C)O3)C(C)O2)c2c(O)c3c(c(O)c2C1O)C(=O)c1c(O)ccc(O)c1C3=O. The minimum atomic E-state index is -1.93. The molecule has 314 valence electrons. The summed E-state index contributed by atoms with van der Waals surface area (Å²) in [5, 5.41) is 88.8. The summed E-state index contributed by atoms with van der Waals surface area (Å²) in [6.07, 6.45) is -9.12. The Kier molecular flexibility index (Phi) is 11.4. The van der Waals surface area contributed by atoms with Gasteiger partial charge in [-0.2, -0.15) is 0 Å². The van der Waals surface area contributed by atoms with Crippen molar-refractivity contribution in [3.05, 3.63) is 45.5 Å². The maximum Gasteiger partial charge on any atom is 0.202 e. The molecule has 17 nitrogen and oxygen atoms in total. The minimum absolute atomic E-state index is 0.0409. The number of hydrogen-bond acceptors (Lipinski definition) is 17. The van der Waals surface area contributed by atoms with E-state index in [4.69, 9.17) is 28.4 Å². The molecule has 0 amide bonds. The van der Waals surface area contributed by atoms with Gasteiger partial charge in [0.1, 0.15) is 41.3 Å². The van der Waals surface area contributed by atoms with Gasteiger partial charge in [0, 0.05) is 42.9 Å². The van der Waals surface area contributed by atoms with E-state index >= 15 is 0 Å². The van der Waals surface area contributed by atoms with E-state index < -0.39 is 142 Å². The first kappa shape index (κ1) is 41.7. The van der Waals surface area contributed by atoms with Crippen LogP contribution in [0.2, 0.25) is 0 Å². The number of fused-ring (bicyclic) bond motifs is 3. The second-order valence-electron chi connectivity index (χ2n) is 16.2. The Balaban J connectivity index is 1.12. The van der Waals surface area contributed by atoms with E-state index in [1.54, 1.807) is 27.7 Å². The van der Waals surface area contributed by atoms with Gasteiger partial charge in [0.25, 0.3) is 0 Å². The third-order valence-electron chi connectivity index (χ3n) is 12.3. The monoisotopic (exact) mass is 803 g/mol. The van der Waals surface area contributed by atoms with Crippen LogP contribution in [0.15, 0.2) is 12.1 Å². The average Bonchev–Trinajstić information content (AvgIpc) is 3.14.